The fourth-order valence-corrected chi connectivity index (χ4v) is 4.43. The smallest absolute Gasteiger partial charge is 0.274 e. The van der Waals surface area contributed by atoms with E-state index >= 15 is 0 Å². The van der Waals surface area contributed by atoms with E-state index in [9.17, 15) is 9.18 Å². The number of aromatic nitrogens is 2. The SMILES string of the molecule is CCN(CC1CCCN(CCc2cccc(F)c2)C1)C(=O)c1n[nH]c2ccccc12. The summed E-state index contributed by atoms with van der Waals surface area (Å²) >= 11 is 0. The zero-order valence-corrected chi connectivity index (χ0v) is 17.5. The second kappa shape index (κ2) is 9.39. The molecule has 3 aromatic rings. The molecule has 4 rings (SSSR count). The van der Waals surface area contributed by atoms with E-state index in [1.165, 1.54) is 6.07 Å². The summed E-state index contributed by atoms with van der Waals surface area (Å²) in [6.07, 6.45) is 3.10. The second-order valence-electron chi connectivity index (χ2n) is 8.15. The van der Waals surface area contributed by atoms with E-state index in [0.717, 1.165) is 61.9 Å². The van der Waals surface area contributed by atoms with Crippen LogP contribution in [0.2, 0.25) is 0 Å². The van der Waals surface area contributed by atoms with Crippen molar-refractivity contribution < 1.29 is 9.18 Å². The predicted octanol–water partition coefficient (Wildman–Crippen LogP) is 4.12. The van der Waals surface area contributed by atoms with Gasteiger partial charge in [0, 0.05) is 31.6 Å². The Kier molecular flexibility index (Phi) is 6.43. The van der Waals surface area contributed by atoms with Gasteiger partial charge in [-0.1, -0.05) is 30.3 Å². The number of nitrogens with zero attached hydrogens (tertiary/aromatic N) is 3. The number of benzene rings is 2. The van der Waals surface area contributed by atoms with Gasteiger partial charge in [0.1, 0.15) is 5.82 Å². The first kappa shape index (κ1) is 20.5. The summed E-state index contributed by atoms with van der Waals surface area (Å²) < 4.78 is 13.4. The van der Waals surface area contributed by atoms with Crippen molar-refractivity contribution in [1.29, 1.82) is 0 Å². The van der Waals surface area contributed by atoms with Crippen LogP contribution in [-0.4, -0.2) is 58.6 Å². The standard InChI is InChI=1S/C24H29FN4O/c1-2-29(24(30)23-21-10-3-4-11-22(21)26-27-23)17-19-8-6-13-28(16-19)14-12-18-7-5-9-20(25)15-18/h3-5,7,9-11,15,19H,2,6,8,12-14,16-17H2,1H3,(H,26,27). The Hall–Kier alpha value is -2.73. The number of rotatable bonds is 7. The van der Waals surface area contributed by atoms with Crippen LogP contribution in [0.3, 0.4) is 0 Å². The highest BCUT2D eigenvalue weighted by atomic mass is 19.1. The van der Waals surface area contributed by atoms with Gasteiger partial charge >= 0.3 is 0 Å². The maximum Gasteiger partial charge on any atom is 0.274 e. The fraction of sp³-hybridized carbons (Fsp3) is 0.417. The quantitative estimate of drug-likeness (QED) is 0.640. The summed E-state index contributed by atoms with van der Waals surface area (Å²) in [5, 5.41) is 8.12. The molecule has 6 heteroatoms. The van der Waals surface area contributed by atoms with E-state index in [1.807, 2.05) is 42.2 Å². The molecule has 0 radical (unpaired) electrons. The van der Waals surface area contributed by atoms with Crippen LogP contribution in [0.1, 0.15) is 35.8 Å². The number of hydrogen-bond donors (Lipinski definition) is 1. The molecular formula is C24H29FN4O. The van der Waals surface area contributed by atoms with Crippen LogP contribution in [0.5, 0.6) is 0 Å². The largest absolute Gasteiger partial charge is 0.337 e. The van der Waals surface area contributed by atoms with E-state index in [2.05, 4.69) is 15.1 Å². The molecule has 1 fully saturated rings. The van der Waals surface area contributed by atoms with Gasteiger partial charge in [0.2, 0.25) is 0 Å². The zero-order chi connectivity index (χ0) is 20.9. The third kappa shape index (κ3) is 4.70. The number of amides is 1. The predicted molar refractivity (Wildman–Crippen MR) is 117 cm³/mol. The molecule has 5 nitrogen and oxygen atoms in total. The van der Waals surface area contributed by atoms with Crippen molar-refractivity contribution in [1.82, 2.24) is 20.0 Å². The summed E-state index contributed by atoms with van der Waals surface area (Å²) in [4.78, 5) is 17.5. The van der Waals surface area contributed by atoms with Crippen molar-refractivity contribution in [3.05, 3.63) is 65.6 Å². The number of carbonyl (C=O) groups excluding carboxylic acids is 1. The number of H-pyrrole nitrogens is 1. The van der Waals surface area contributed by atoms with Gasteiger partial charge in [-0.15, -0.1) is 0 Å². The maximum absolute atomic E-state index is 13.4. The number of para-hydroxylation sites is 1. The van der Waals surface area contributed by atoms with Crippen LogP contribution in [0, 0.1) is 11.7 Å². The first-order valence-electron chi connectivity index (χ1n) is 10.8. The number of aromatic amines is 1. The molecule has 1 aromatic heterocycles. The highest BCUT2D eigenvalue weighted by molar-refractivity contribution is 6.04. The summed E-state index contributed by atoms with van der Waals surface area (Å²) in [5.41, 5.74) is 2.43. The number of nitrogens with one attached hydrogen (secondary N) is 1. The Morgan fingerprint density at radius 3 is 2.97 bits per heavy atom. The lowest BCUT2D eigenvalue weighted by Crippen LogP contribution is -2.43. The van der Waals surface area contributed by atoms with Gasteiger partial charge in [0.25, 0.3) is 5.91 Å². The van der Waals surface area contributed by atoms with Crippen molar-refractivity contribution in [3.63, 3.8) is 0 Å². The van der Waals surface area contributed by atoms with Gasteiger partial charge in [-0.25, -0.2) is 4.39 Å². The maximum atomic E-state index is 13.4. The lowest BCUT2D eigenvalue weighted by Gasteiger charge is -2.35. The molecule has 0 bridgehead atoms. The second-order valence-corrected chi connectivity index (χ2v) is 8.15. The van der Waals surface area contributed by atoms with E-state index in [4.69, 9.17) is 0 Å². The molecule has 0 saturated carbocycles. The highest BCUT2D eigenvalue weighted by Gasteiger charge is 2.26. The van der Waals surface area contributed by atoms with Crippen molar-refractivity contribution in [2.24, 2.45) is 5.92 Å². The van der Waals surface area contributed by atoms with E-state index < -0.39 is 0 Å². The zero-order valence-electron chi connectivity index (χ0n) is 17.5. The van der Waals surface area contributed by atoms with Crippen molar-refractivity contribution >= 4 is 16.8 Å². The summed E-state index contributed by atoms with van der Waals surface area (Å²) in [6, 6.07) is 14.6. The topological polar surface area (TPSA) is 52.2 Å². The lowest BCUT2D eigenvalue weighted by atomic mass is 9.96. The Morgan fingerprint density at radius 2 is 2.13 bits per heavy atom. The van der Waals surface area contributed by atoms with Crippen LogP contribution in [0.4, 0.5) is 4.39 Å². The van der Waals surface area contributed by atoms with Gasteiger partial charge in [0.05, 0.1) is 5.52 Å². The number of halogens is 1. The third-order valence-electron chi connectivity index (χ3n) is 6.03. The molecular weight excluding hydrogens is 379 g/mol. The molecule has 2 aromatic carbocycles. The Balaban J connectivity index is 1.36. The molecule has 1 aliphatic rings. The number of likely N-dealkylation sites (tertiary alicyclic amines) is 1. The summed E-state index contributed by atoms with van der Waals surface area (Å²) in [7, 11) is 0. The molecule has 0 aliphatic carbocycles. The van der Waals surface area contributed by atoms with E-state index in [1.54, 1.807) is 12.1 Å². The molecule has 158 valence electrons. The molecule has 1 saturated heterocycles. The first-order chi connectivity index (χ1) is 14.6. The number of carbonyl (C=O) groups is 1. The van der Waals surface area contributed by atoms with Crippen molar-refractivity contribution in [2.45, 2.75) is 26.2 Å². The summed E-state index contributed by atoms with van der Waals surface area (Å²) in [5.74, 6) is 0.263. The average molecular weight is 409 g/mol. The average Bonchev–Trinajstić information content (AvgIpc) is 3.20. The number of hydrogen-bond acceptors (Lipinski definition) is 3. The molecule has 1 atom stereocenters. The summed E-state index contributed by atoms with van der Waals surface area (Å²) in [6.45, 7) is 6.39. The van der Waals surface area contributed by atoms with Crippen molar-refractivity contribution in [3.8, 4) is 0 Å². The van der Waals surface area contributed by atoms with Crippen LogP contribution in [0.15, 0.2) is 48.5 Å². The van der Waals surface area contributed by atoms with E-state index in [0.29, 0.717) is 18.2 Å². The Labute approximate surface area is 176 Å². The van der Waals surface area contributed by atoms with Gasteiger partial charge in [-0.05, 0) is 62.4 Å². The molecule has 2 heterocycles. The molecule has 1 amide bonds. The number of fused-ring (bicyclic) bond motifs is 1. The minimum atomic E-state index is -0.174. The third-order valence-corrected chi connectivity index (χ3v) is 6.03. The Morgan fingerprint density at radius 1 is 1.27 bits per heavy atom. The molecule has 0 spiro atoms. The van der Waals surface area contributed by atoms with Crippen LogP contribution in [-0.2, 0) is 6.42 Å². The monoisotopic (exact) mass is 408 g/mol. The molecule has 1 N–H and O–H groups in total. The van der Waals surface area contributed by atoms with E-state index in [-0.39, 0.29) is 11.7 Å². The molecule has 1 aliphatic heterocycles. The normalized spacial score (nSPS) is 17.3. The van der Waals surface area contributed by atoms with Gasteiger partial charge in [0.15, 0.2) is 5.69 Å². The van der Waals surface area contributed by atoms with Gasteiger partial charge < -0.3 is 9.80 Å². The lowest BCUT2D eigenvalue weighted by molar-refractivity contribution is 0.0687. The molecule has 30 heavy (non-hydrogen) atoms. The minimum Gasteiger partial charge on any atom is -0.337 e. The van der Waals surface area contributed by atoms with Crippen LogP contribution < -0.4 is 0 Å². The highest BCUT2D eigenvalue weighted by Crippen LogP contribution is 2.21. The fourth-order valence-electron chi connectivity index (χ4n) is 4.43. The van der Waals surface area contributed by atoms with Crippen molar-refractivity contribution in [2.75, 3.05) is 32.7 Å². The Bertz CT molecular complexity index is 1000. The minimum absolute atomic E-state index is 0.00756. The van der Waals surface area contributed by atoms with Gasteiger partial charge in [-0.3, -0.25) is 9.89 Å². The number of piperidine rings is 1. The van der Waals surface area contributed by atoms with Crippen LogP contribution in [0.25, 0.3) is 10.9 Å². The molecule has 1 unspecified atom stereocenters. The van der Waals surface area contributed by atoms with Gasteiger partial charge in [-0.2, -0.15) is 5.10 Å². The van der Waals surface area contributed by atoms with Crippen LogP contribution >= 0.6 is 0 Å². The first-order valence-corrected chi connectivity index (χ1v) is 10.8.